The molecule has 2 N–H and O–H groups in total. The molecule has 0 atom stereocenters. The van der Waals surface area contributed by atoms with Gasteiger partial charge in [-0.3, -0.25) is 15.3 Å². The summed E-state index contributed by atoms with van der Waals surface area (Å²) in [5.74, 6) is 1.97. The van der Waals surface area contributed by atoms with Crippen molar-refractivity contribution in [1.82, 2.24) is 10.3 Å². The zero-order valence-electron chi connectivity index (χ0n) is 18.6. The summed E-state index contributed by atoms with van der Waals surface area (Å²) in [5.41, 5.74) is 1.95. The largest absolute Gasteiger partial charge is 0.490 e. The van der Waals surface area contributed by atoms with Crippen LogP contribution in [0.2, 0.25) is 0 Å². The number of hydrogen-bond acceptors (Lipinski definition) is 5. The maximum Gasteiger partial charge on any atom is 0.209 e. The van der Waals surface area contributed by atoms with E-state index in [-0.39, 0.29) is 0 Å². The molecule has 170 valence electrons. The van der Waals surface area contributed by atoms with Crippen LogP contribution < -0.4 is 20.1 Å². The van der Waals surface area contributed by atoms with Crippen LogP contribution in [0, 0.1) is 11.5 Å². The van der Waals surface area contributed by atoms with Crippen LogP contribution in [0.25, 0.3) is 0 Å². The van der Waals surface area contributed by atoms with E-state index in [4.69, 9.17) is 14.7 Å². The Hall–Kier alpha value is -4.05. The zero-order valence-corrected chi connectivity index (χ0v) is 18.6. The average Bonchev–Trinajstić information content (AvgIpc) is 2.86. The minimum atomic E-state index is 0.444. The van der Waals surface area contributed by atoms with Gasteiger partial charge in [0.2, 0.25) is 5.96 Å². The molecule has 0 fully saturated rings. The van der Waals surface area contributed by atoms with Crippen molar-refractivity contribution in [2.75, 3.05) is 18.5 Å². The molecular weight excluding hydrogens is 414 g/mol. The number of unbranched alkanes of at least 4 members (excludes halogenated alkanes) is 3. The lowest BCUT2D eigenvalue weighted by molar-refractivity contribution is 0.257. The molecule has 0 spiro atoms. The number of guanidine groups is 1. The SMILES string of the molecule is N#CNC(=NCCCCCCOc1ccccc1OCc1ccccc1)Nc1ccncc1. The molecule has 0 aliphatic carbocycles. The number of aliphatic imine (C=N–C) groups is 1. The highest BCUT2D eigenvalue weighted by atomic mass is 16.5. The highest BCUT2D eigenvalue weighted by Gasteiger charge is 2.05. The van der Waals surface area contributed by atoms with E-state index < -0.39 is 0 Å². The van der Waals surface area contributed by atoms with E-state index in [2.05, 4.69) is 20.6 Å². The van der Waals surface area contributed by atoms with E-state index in [1.807, 2.05) is 72.9 Å². The summed E-state index contributed by atoms with van der Waals surface area (Å²) in [6, 6.07) is 21.5. The van der Waals surface area contributed by atoms with Crippen LogP contribution in [-0.4, -0.2) is 24.1 Å². The van der Waals surface area contributed by atoms with Gasteiger partial charge in [-0.05, 0) is 49.1 Å². The number of benzene rings is 2. The molecule has 7 nitrogen and oxygen atoms in total. The normalized spacial score (nSPS) is 10.8. The number of para-hydroxylation sites is 2. The fraction of sp³-hybridized carbons (Fsp3) is 0.269. The molecule has 33 heavy (non-hydrogen) atoms. The Morgan fingerprint density at radius 3 is 2.30 bits per heavy atom. The van der Waals surface area contributed by atoms with Gasteiger partial charge in [0, 0.05) is 24.6 Å². The molecule has 3 rings (SSSR count). The fourth-order valence-corrected chi connectivity index (χ4v) is 3.10. The van der Waals surface area contributed by atoms with Crippen LogP contribution in [0.15, 0.2) is 84.1 Å². The Kier molecular flexibility index (Phi) is 10.1. The molecule has 0 aliphatic heterocycles. The first-order chi connectivity index (χ1) is 16.3. The first-order valence-electron chi connectivity index (χ1n) is 11.1. The molecule has 0 aliphatic rings. The molecule has 2 aromatic carbocycles. The van der Waals surface area contributed by atoms with Gasteiger partial charge in [-0.1, -0.05) is 48.9 Å². The molecule has 1 aromatic heterocycles. The van der Waals surface area contributed by atoms with Gasteiger partial charge in [-0.25, -0.2) is 0 Å². The third-order valence-corrected chi connectivity index (χ3v) is 4.78. The molecule has 0 amide bonds. The molecule has 0 saturated carbocycles. The number of rotatable bonds is 12. The molecule has 3 aromatic rings. The van der Waals surface area contributed by atoms with E-state index in [0.29, 0.717) is 25.7 Å². The summed E-state index contributed by atoms with van der Waals surface area (Å²) in [7, 11) is 0. The minimum absolute atomic E-state index is 0.444. The second kappa shape index (κ2) is 14.1. The highest BCUT2D eigenvalue weighted by Crippen LogP contribution is 2.27. The lowest BCUT2D eigenvalue weighted by atomic mass is 10.2. The van der Waals surface area contributed by atoms with E-state index in [9.17, 15) is 0 Å². The Balaban J connectivity index is 1.33. The summed E-state index contributed by atoms with van der Waals surface area (Å²) in [5, 5.41) is 14.6. The standard InChI is InChI=1S/C26H29N5O2/c27-21-30-26(31-23-14-17-28-18-15-23)29-16-8-1-2-9-19-32-24-12-6-7-13-25(24)33-20-22-10-4-3-5-11-22/h3-7,10-15,17-18H,1-2,8-9,16,19-20H2,(H2,28,29,30,31). The van der Waals surface area contributed by atoms with Crippen molar-refractivity contribution in [2.24, 2.45) is 4.99 Å². The van der Waals surface area contributed by atoms with Gasteiger partial charge >= 0.3 is 0 Å². The van der Waals surface area contributed by atoms with Crippen LogP contribution in [0.5, 0.6) is 11.5 Å². The van der Waals surface area contributed by atoms with E-state index in [0.717, 1.165) is 48.4 Å². The third kappa shape index (κ3) is 8.91. The number of aromatic nitrogens is 1. The number of ether oxygens (including phenoxy) is 2. The van der Waals surface area contributed by atoms with Gasteiger partial charge in [0.1, 0.15) is 6.61 Å². The number of nitriles is 1. The summed E-state index contributed by atoms with van der Waals surface area (Å²) >= 11 is 0. The van der Waals surface area contributed by atoms with Gasteiger partial charge in [0.25, 0.3) is 0 Å². The highest BCUT2D eigenvalue weighted by molar-refractivity contribution is 5.94. The number of nitrogens with zero attached hydrogens (tertiary/aromatic N) is 3. The lowest BCUT2D eigenvalue weighted by Gasteiger charge is -2.12. The first-order valence-corrected chi connectivity index (χ1v) is 11.1. The van der Waals surface area contributed by atoms with Crippen LogP contribution in [0.3, 0.4) is 0 Å². The Labute approximate surface area is 195 Å². The number of nitrogens with one attached hydrogen (secondary N) is 2. The molecule has 0 radical (unpaired) electrons. The summed E-state index contributed by atoms with van der Waals surface area (Å²) < 4.78 is 11.9. The average molecular weight is 444 g/mol. The fourth-order valence-electron chi connectivity index (χ4n) is 3.10. The van der Waals surface area contributed by atoms with Crippen LogP contribution >= 0.6 is 0 Å². The van der Waals surface area contributed by atoms with Gasteiger partial charge in [-0.15, -0.1) is 0 Å². The van der Waals surface area contributed by atoms with Gasteiger partial charge < -0.3 is 14.8 Å². The predicted molar refractivity (Wildman–Crippen MR) is 130 cm³/mol. The zero-order chi connectivity index (χ0) is 23.0. The van der Waals surface area contributed by atoms with E-state index in [1.54, 1.807) is 12.4 Å². The smallest absolute Gasteiger partial charge is 0.209 e. The van der Waals surface area contributed by atoms with Crippen molar-refractivity contribution >= 4 is 11.6 Å². The molecular formula is C26H29N5O2. The maximum absolute atomic E-state index is 8.90. The van der Waals surface area contributed by atoms with Crippen LogP contribution in [0.1, 0.15) is 31.2 Å². The Morgan fingerprint density at radius 1 is 0.848 bits per heavy atom. The summed E-state index contributed by atoms with van der Waals surface area (Å²) in [6.07, 6.45) is 9.24. The van der Waals surface area contributed by atoms with Crippen molar-refractivity contribution in [3.8, 4) is 17.7 Å². The minimum Gasteiger partial charge on any atom is -0.490 e. The van der Waals surface area contributed by atoms with Crippen molar-refractivity contribution in [1.29, 1.82) is 5.26 Å². The summed E-state index contributed by atoms with van der Waals surface area (Å²) in [6.45, 7) is 1.79. The summed E-state index contributed by atoms with van der Waals surface area (Å²) in [4.78, 5) is 8.41. The topological polar surface area (TPSA) is 91.6 Å². The van der Waals surface area contributed by atoms with Crippen LogP contribution in [0.4, 0.5) is 5.69 Å². The van der Waals surface area contributed by atoms with E-state index >= 15 is 0 Å². The van der Waals surface area contributed by atoms with Gasteiger partial charge in [-0.2, -0.15) is 5.26 Å². The van der Waals surface area contributed by atoms with Gasteiger partial charge in [0.15, 0.2) is 17.7 Å². The van der Waals surface area contributed by atoms with Crippen LogP contribution in [-0.2, 0) is 6.61 Å². The van der Waals surface area contributed by atoms with Crippen molar-refractivity contribution in [3.05, 3.63) is 84.7 Å². The number of anilines is 1. The lowest BCUT2D eigenvalue weighted by Crippen LogP contribution is -2.27. The van der Waals surface area contributed by atoms with Crippen molar-refractivity contribution in [3.63, 3.8) is 0 Å². The second-order valence-corrected chi connectivity index (χ2v) is 7.31. The number of pyridine rings is 1. The molecule has 1 heterocycles. The third-order valence-electron chi connectivity index (χ3n) is 4.78. The van der Waals surface area contributed by atoms with Gasteiger partial charge in [0.05, 0.1) is 6.61 Å². The maximum atomic E-state index is 8.90. The quantitative estimate of drug-likeness (QED) is 0.132. The first kappa shape index (κ1) is 23.6. The number of hydrogen-bond donors (Lipinski definition) is 2. The predicted octanol–water partition coefficient (Wildman–Crippen LogP) is 5.14. The molecule has 7 heteroatoms. The Morgan fingerprint density at radius 2 is 1.55 bits per heavy atom. The van der Waals surface area contributed by atoms with E-state index in [1.165, 1.54) is 0 Å². The van der Waals surface area contributed by atoms with Crippen molar-refractivity contribution < 1.29 is 9.47 Å². The Bertz CT molecular complexity index is 1020. The molecule has 0 unspecified atom stereocenters. The molecule has 0 saturated heterocycles. The second-order valence-electron chi connectivity index (χ2n) is 7.31. The monoisotopic (exact) mass is 443 g/mol. The molecule has 0 bridgehead atoms. The van der Waals surface area contributed by atoms with Crippen molar-refractivity contribution in [2.45, 2.75) is 32.3 Å².